The fourth-order valence-electron chi connectivity index (χ4n) is 13.0. The number of benzene rings is 1. The molecule has 0 saturated heterocycles. The monoisotopic (exact) mass is 643 g/mol. The predicted octanol–water partition coefficient (Wildman–Crippen LogP) is 9.72. The molecule has 5 saturated carbocycles. The van der Waals surface area contributed by atoms with E-state index in [1.807, 2.05) is 19.1 Å². The van der Waals surface area contributed by atoms with Crippen LogP contribution in [0.1, 0.15) is 135 Å². The predicted molar refractivity (Wildman–Crippen MR) is 190 cm³/mol. The summed E-state index contributed by atoms with van der Waals surface area (Å²) in [5.41, 5.74) is 3.85. The van der Waals surface area contributed by atoms with Crippen molar-refractivity contribution in [1.29, 1.82) is 0 Å². The number of nitrogens with one attached hydrogen (secondary N) is 1. The van der Waals surface area contributed by atoms with Crippen LogP contribution >= 0.6 is 0 Å². The lowest BCUT2D eigenvalue weighted by atomic mass is 9.32. The van der Waals surface area contributed by atoms with E-state index in [1.165, 1.54) is 76.0 Å². The maximum absolute atomic E-state index is 12.6. The van der Waals surface area contributed by atoms with Crippen molar-refractivity contribution in [3.05, 3.63) is 54.1 Å². The fourth-order valence-corrected chi connectivity index (χ4v) is 13.0. The van der Waals surface area contributed by atoms with E-state index in [-0.39, 0.29) is 16.8 Å². The summed E-state index contributed by atoms with van der Waals surface area (Å²) >= 11 is 0. The van der Waals surface area contributed by atoms with Gasteiger partial charge in [0.15, 0.2) is 0 Å². The third kappa shape index (κ3) is 5.10. The summed E-state index contributed by atoms with van der Waals surface area (Å²) in [7, 11) is 1.53. The summed E-state index contributed by atoms with van der Waals surface area (Å²) in [6.45, 7) is 19.2. The number of carbonyl (C=O) groups excluding carboxylic acids is 1. The zero-order valence-corrected chi connectivity index (χ0v) is 30.3. The highest BCUT2D eigenvalue weighted by molar-refractivity contribution is 5.88. The first-order chi connectivity index (χ1) is 22.2. The Bertz CT molecular complexity index is 1420. The maximum atomic E-state index is 12.6. The van der Waals surface area contributed by atoms with E-state index in [1.54, 1.807) is 18.2 Å². The Balaban J connectivity index is 0.00000124. The van der Waals surface area contributed by atoms with Crippen molar-refractivity contribution >= 4 is 17.5 Å². The molecule has 0 bridgehead atoms. The van der Waals surface area contributed by atoms with Crippen LogP contribution in [0.25, 0.3) is 5.57 Å². The SMILES string of the molecule is C=CC.COC(=O)C1(NCC23CCCC2C2CCC4C5(C)CC=C(c6ccc(C(=O)O)cc6)C(C)(C)C5CCC4(C)[C@]2(C)CC3)CC1. The number of ether oxygens (including phenoxy) is 1. The van der Waals surface area contributed by atoms with Gasteiger partial charge in [0.1, 0.15) is 5.54 Å². The molecule has 258 valence electrons. The molecular weight excluding hydrogens is 582 g/mol. The summed E-state index contributed by atoms with van der Waals surface area (Å²) in [4.78, 5) is 24.0. The molecule has 6 aliphatic rings. The molecule has 0 aliphatic heterocycles. The van der Waals surface area contributed by atoms with E-state index in [4.69, 9.17) is 4.74 Å². The fraction of sp³-hybridized carbons (Fsp3) is 0.714. The largest absolute Gasteiger partial charge is 0.478 e. The molecule has 8 atom stereocenters. The van der Waals surface area contributed by atoms with E-state index >= 15 is 0 Å². The van der Waals surface area contributed by atoms with Gasteiger partial charge in [0.25, 0.3) is 0 Å². The van der Waals surface area contributed by atoms with Crippen LogP contribution in [0.2, 0.25) is 0 Å². The van der Waals surface area contributed by atoms with E-state index < -0.39 is 11.5 Å². The lowest BCUT2D eigenvalue weighted by Gasteiger charge is -2.72. The van der Waals surface area contributed by atoms with Crippen molar-refractivity contribution in [2.24, 2.45) is 50.7 Å². The van der Waals surface area contributed by atoms with Crippen LogP contribution in [-0.2, 0) is 9.53 Å². The lowest BCUT2D eigenvalue weighted by Crippen LogP contribution is -2.65. The summed E-state index contributed by atoms with van der Waals surface area (Å²) in [5.74, 6) is 1.92. The molecule has 2 N–H and O–H groups in total. The number of esters is 1. The van der Waals surface area contributed by atoms with Gasteiger partial charge < -0.3 is 15.2 Å². The van der Waals surface area contributed by atoms with E-state index in [0.717, 1.165) is 37.6 Å². The van der Waals surface area contributed by atoms with Gasteiger partial charge in [-0.05, 0) is 152 Å². The van der Waals surface area contributed by atoms with Crippen molar-refractivity contribution in [3.8, 4) is 0 Å². The molecule has 5 fully saturated rings. The highest BCUT2D eigenvalue weighted by Gasteiger charge is 2.69. The summed E-state index contributed by atoms with van der Waals surface area (Å²) in [6, 6.07) is 7.59. The van der Waals surface area contributed by atoms with Crippen LogP contribution in [0.3, 0.4) is 0 Å². The summed E-state index contributed by atoms with van der Waals surface area (Å²) < 4.78 is 5.19. The van der Waals surface area contributed by atoms with E-state index in [0.29, 0.717) is 33.6 Å². The Hall–Kier alpha value is -2.40. The molecule has 0 amide bonds. The zero-order valence-electron chi connectivity index (χ0n) is 30.3. The molecule has 5 heteroatoms. The number of rotatable bonds is 6. The molecule has 1 aromatic rings. The maximum Gasteiger partial charge on any atom is 0.335 e. The second-order valence-corrected chi connectivity index (χ2v) is 17.8. The molecule has 1 aromatic carbocycles. The average molecular weight is 644 g/mol. The molecule has 0 radical (unpaired) electrons. The van der Waals surface area contributed by atoms with Gasteiger partial charge in [-0.3, -0.25) is 4.79 Å². The zero-order chi connectivity index (χ0) is 34.0. The molecule has 47 heavy (non-hydrogen) atoms. The highest BCUT2D eigenvalue weighted by Crippen LogP contribution is 2.77. The quantitative estimate of drug-likeness (QED) is 0.238. The molecule has 0 spiro atoms. The van der Waals surface area contributed by atoms with Crippen LogP contribution < -0.4 is 5.32 Å². The molecule has 7 unspecified atom stereocenters. The van der Waals surface area contributed by atoms with Crippen LogP contribution in [0.15, 0.2) is 43.0 Å². The Morgan fingerprint density at radius 1 is 0.894 bits per heavy atom. The van der Waals surface area contributed by atoms with Crippen molar-refractivity contribution < 1.29 is 19.4 Å². The first-order valence-corrected chi connectivity index (χ1v) is 18.6. The van der Waals surface area contributed by atoms with Gasteiger partial charge in [-0.15, -0.1) is 6.58 Å². The van der Waals surface area contributed by atoms with Gasteiger partial charge in [0.2, 0.25) is 0 Å². The molecule has 0 aromatic heterocycles. The number of allylic oxidation sites excluding steroid dienone is 3. The highest BCUT2D eigenvalue weighted by atomic mass is 16.5. The van der Waals surface area contributed by atoms with Gasteiger partial charge >= 0.3 is 11.9 Å². The van der Waals surface area contributed by atoms with Crippen molar-refractivity contribution in [3.63, 3.8) is 0 Å². The second kappa shape index (κ2) is 11.9. The topological polar surface area (TPSA) is 75.6 Å². The molecule has 5 nitrogen and oxygen atoms in total. The minimum absolute atomic E-state index is 0.0358. The van der Waals surface area contributed by atoms with Gasteiger partial charge in [0, 0.05) is 6.54 Å². The Morgan fingerprint density at radius 2 is 1.57 bits per heavy atom. The van der Waals surface area contributed by atoms with Crippen molar-refractivity contribution in [2.75, 3.05) is 13.7 Å². The van der Waals surface area contributed by atoms with Crippen LogP contribution in [0.5, 0.6) is 0 Å². The Kier molecular flexibility index (Phi) is 8.71. The number of carboxylic acid groups (broad SMARTS) is 1. The molecule has 6 aliphatic carbocycles. The number of methoxy groups -OCH3 is 1. The third-order valence-corrected chi connectivity index (χ3v) is 15.7. The normalized spacial score (nSPS) is 40.5. The number of hydrogen-bond acceptors (Lipinski definition) is 4. The third-order valence-electron chi connectivity index (χ3n) is 15.7. The molecular formula is C42H61NO4. The standard InChI is InChI=1S/C39H55NO4.C3H6/c1-34(2)27(25-9-11-26(12-10-25)32(41)42)15-18-35(3)30(34)16-19-37(5)31(35)14-13-28-29-8-7-17-38(29,21-20-36(28,37)4)24-40-39(22-23-39)33(43)44-6;1-3-2/h9-12,15,28-31,40H,7-8,13-14,16-24H2,1-6H3,(H,41,42);3H,1H2,2H3/t28?,29?,30?,31?,35?,36-,37?,38?;/m1./s1. The summed E-state index contributed by atoms with van der Waals surface area (Å²) in [6.07, 6.45) is 19.1. The number of carboxylic acids is 1. The van der Waals surface area contributed by atoms with Gasteiger partial charge in [-0.1, -0.05) is 65.3 Å². The number of aromatic carboxylic acids is 1. The molecule has 0 heterocycles. The first-order valence-electron chi connectivity index (χ1n) is 18.6. The van der Waals surface area contributed by atoms with Gasteiger partial charge in [-0.25, -0.2) is 4.79 Å². The van der Waals surface area contributed by atoms with E-state index in [9.17, 15) is 14.7 Å². The minimum Gasteiger partial charge on any atom is -0.478 e. The van der Waals surface area contributed by atoms with Crippen LogP contribution in [0.4, 0.5) is 0 Å². The average Bonchev–Trinajstić information content (AvgIpc) is 3.71. The van der Waals surface area contributed by atoms with Gasteiger partial charge in [-0.2, -0.15) is 0 Å². The van der Waals surface area contributed by atoms with Crippen molar-refractivity contribution in [2.45, 2.75) is 124 Å². The van der Waals surface area contributed by atoms with Crippen LogP contribution in [0, 0.1) is 50.7 Å². The van der Waals surface area contributed by atoms with Crippen molar-refractivity contribution in [1.82, 2.24) is 5.32 Å². The number of fused-ring (bicyclic) bond motifs is 7. The first kappa shape index (κ1) is 34.5. The lowest BCUT2D eigenvalue weighted by molar-refractivity contribution is -0.222. The molecule has 7 rings (SSSR count). The number of carbonyl (C=O) groups is 2. The minimum atomic E-state index is -0.862. The second-order valence-electron chi connectivity index (χ2n) is 17.8. The smallest absolute Gasteiger partial charge is 0.335 e. The summed E-state index contributed by atoms with van der Waals surface area (Å²) in [5, 5.41) is 13.2. The van der Waals surface area contributed by atoms with Crippen LogP contribution in [-0.4, -0.2) is 36.2 Å². The van der Waals surface area contributed by atoms with Gasteiger partial charge in [0.05, 0.1) is 12.7 Å². The number of hydrogen-bond donors (Lipinski definition) is 2. The van der Waals surface area contributed by atoms with E-state index in [2.05, 4.69) is 52.6 Å². The Morgan fingerprint density at radius 3 is 2.19 bits per heavy atom. The Labute approximate surface area is 284 Å².